The van der Waals surface area contributed by atoms with Crippen LogP contribution in [0.5, 0.6) is 0 Å². The minimum atomic E-state index is -0.256. The van der Waals surface area contributed by atoms with Gasteiger partial charge in [-0.15, -0.1) is 0 Å². The van der Waals surface area contributed by atoms with Crippen LogP contribution >= 0.6 is 0 Å². The molecule has 1 aliphatic rings. The number of pyridine rings is 1. The molecule has 2 heterocycles. The number of hydrogen-bond donors (Lipinski definition) is 1. The normalized spacial score (nSPS) is 15.6. The molecular formula is C15H16N4O2. The van der Waals surface area contributed by atoms with Gasteiger partial charge in [0.15, 0.2) is 0 Å². The molecule has 1 aliphatic heterocycles. The van der Waals surface area contributed by atoms with E-state index in [9.17, 15) is 9.59 Å². The number of benzene rings is 1. The molecule has 1 aromatic heterocycles. The number of rotatable bonds is 1. The average Bonchev–Trinajstić information content (AvgIpc) is 2.49. The van der Waals surface area contributed by atoms with E-state index in [0.29, 0.717) is 18.9 Å². The van der Waals surface area contributed by atoms with Gasteiger partial charge in [-0.2, -0.15) is 0 Å². The van der Waals surface area contributed by atoms with Crippen molar-refractivity contribution in [3.05, 3.63) is 36.0 Å². The van der Waals surface area contributed by atoms with Crippen LogP contribution < -0.4 is 5.73 Å². The predicted molar refractivity (Wildman–Crippen MR) is 79.7 cm³/mol. The van der Waals surface area contributed by atoms with Gasteiger partial charge in [0.2, 0.25) is 5.91 Å². The smallest absolute Gasteiger partial charge is 0.273 e. The number of nitrogens with two attached hydrogens (primary N) is 1. The van der Waals surface area contributed by atoms with E-state index in [2.05, 4.69) is 4.98 Å². The third-order valence-corrected chi connectivity index (χ3v) is 3.73. The molecule has 1 aromatic carbocycles. The van der Waals surface area contributed by atoms with Gasteiger partial charge in [-0.05, 0) is 11.5 Å². The van der Waals surface area contributed by atoms with Gasteiger partial charge in [0.25, 0.3) is 5.91 Å². The van der Waals surface area contributed by atoms with Gasteiger partial charge < -0.3 is 15.5 Å². The summed E-state index contributed by atoms with van der Waals surface area (Å²) < 4.78 is 0. The van der Waals surface area contributed by atoms with Crippen LogP contribution in [-0.2, 0) is 4.79 Å². The van der Waals surface area contributed by atoms with Crippen molar-refractivity contribution >= 4 is 28.4 Å². The quantitative estimate of drug-likeness (QED) is 0.837. The largest absolute Gasteiger partial charge is 0.383 e. The van der Waals surface area contributed by atoms with Gasteiger partial charge in [0.1, 0.15) is 18.1 Å². The minimum absolute atomic E-state index is 0.0663. The number of nitrogen functional groups attached to an aromatic ring is 1. The highest BCUT2D eigenvalue weighted by molar-refractivity contribution is 6.01. The second kappa shape index (κ2) is 5.05. The molecule has 21 heavy (non-hydrogen) atoms. The lowest BCUT2D eigenvalue weighted by Crippen LogP contribution is -2.50. The molecule has 2 aromatic rings. The van der Waals surface area contributed by atoms with Gasteiger partial charge in [0, 0.05) is 25.5 Å². The number of amides is 2. The zero-order valence-electron chi connectivity index (χ0n) is 11.7. The lowest BCUT2D eigenvalue weighted by atomic mass is 10.1. The monoisotopic (exact) mass is 284 g/mol. The molecule has 2 N–H and O–H groups in total. The number of nitrogens with zero attached hydrogens (tertiary/aromatic N) is 3. The number of anilines is 1. The van der Waals surface area contributed by atoms with Gasteiger partial charge in [-0.25, -0.2) is 4.98 Å². The molecule has 0 atom stereocenters. The molecule has 0 aliphatic carbocycles. The standard InChI is InChI=1S/C15H16N4O2/c1-18-6-7-19(9-13(18)20)15(21)12-8-10-4-2-3-5-11(10)14(16)17-12/h2-5,8H,6-7,9H2,1H3,(H2,16,17). The van der Waals surface area contributed by atoms with E-state index in [1.807, 2.05) is 24.3 Å². The highest BCUT2D eigenvalue weighted by Gasteiger charge is 2.26. The Labute approximate surface area is 122 Å². The van der Waals surface area contributed by atoms with E-state index < -0.39 is 0 Å². The maximum absolute atomic E-state index is 12.5. The van der Waals surface area contributed by atoms with E-state index in [1.54, 1.807) is 18.0 Å². The summed E-state index contributed by atoms with van der Waals surface area (Å²) in [6.07, 6.45) is 0. The van der Waals surface area contributed by atoms with Crippen molar-refractivity contribution < 1.29 is 9.59 Å². The zero-order chi connectivity index (χ0) is 15.0. The molecule has 0 spiro atoms. The number of aromatic nitrogens is 1. The van der Waals surface area contributed by atoms with E-state index in [0.717, 1.165) is 10.8 Å². The molecule has 108 valence electrons. The van der Waals surface area contributed by atoms with Crippen LogP contribution in [0.4, 0.5) is 5.82 Å². The molecule has 3 rings (SSSR count). The number of carbonyl (C=O) groups excluding carboxylic acids is 2. The van der Waals surface area contributed by atoms with Gasteiger partial charge in [0.05, 0.1) is 0 Å². The number of fused-ring (bicyclic) bond motifs is 1. The third-order valence-electron chi connectivity index (χ3n) is 3.73. The fraction of sp³-hybridized carbons (Fsp3) is 0.267. The van der Waals surface area contributed by atoms with Gasteiger partial charge in [-0.1, -0.05) is 24.3 Å². The first-order chi connectivity index (χ1) is 10.1. The molecule has 0 saturated carbocycles. The third kappa shape index (κ3) is 2.40. The second-order valence-electron chi connectivity index (χ2n) is 5.16. The molecule has 0 bridgehead atoms. The van der Waals surface area contributed by atoms with Crippen molar-refractivity contribution in [2.45, 2.75) is 0 Å². The molecule has 6 nitrogen and oxygen atoms in total. The number of piperazine rings is 1. The topological polar surface area (TPSA) is 79.5 Å². The Kier molecular flexibility index (Phi) is 3.21. The van der Waals surface area contributed by atoms with Crippen LogP contribution in [0.1, 0.15) is 10.5 Å². The number of carbonyl (C=O) groups is 2. The molecular weight excluding hydrogens is 268 g/mol. The first kappa shape index (κ1) is 13.4. The Morgan fingerprint density at radius 1 is 1.29 bits per heavy atom. The number of hydrogen-bond acceptors (Lipinski definition) is 4. The molecule has 6 heteroatoms. The highest BCUT2D eigenvalue weighted by Crippen LogP contribution is 2.21. The molecule has 1 saturated heterocycles. The first-order valence-corrected chi connectivity index (χ1v) is 6.75. The van der Waals surface area contributed by atoms with Crippen LogP contribution in [0.3, 0.4) is 0 Å². The summed E-state index contributed by atoms with van der Waals surface area (Å²) in [4.78, 5) is 31.5. The van der Waals surface area contributed by atoms with Crippen LogP contribution in [0.25, 0.3) is 10.8 Å². The van der Waals surface area contributed by atoms with Gasteiger partial charge >= 0.3 is 0 Å². The lowest BCUT2D eigenvalue weighted by molar-refractivity contribution is -0.133. The summed E-state index contributed by atoms with van der Waals surface area (Å²) in [7, 11) is 1.73. The SMILES string of the molecule is CN1CCN(C(=O)c2cc3ccccc3c(N)n2)CC1=O. The van der Waals surface area contributed by atoms with Crippen LogP contribution in [0, 0.1) is 0 Å². The van der Waals surface area contributed by atoms with Crippen molar-refractivity contribution in [2.24, 2.45) is 0 Å². The maximum atomic E-state index is 12.5. The summed E-state index contributed by atoms with van der Waals surface area (Å²) in [6, 6.07) is 9.23. The Balaban J connectivity index is 1.93. The fourth-order valence-electron chi connectivity index (χ4n) is 2.43. The Bertz CT molecular complexity index is 729. The molecule has 0 unspecified atom stereocenters. The first-order valence-electron chi connectivity index (χ1n) is 6.75. The van der Waals surface area contributed by atoms with Crippen LogP contribution in [0.2, 0.25) is 0 Å². The Hall–Kier alpha value is -2.63. The molecule has 1 fully saturated rings. The predicted octanol–water partition coefficient (Wildman–Crippen LogP) is 0.731. The van der Waals surface area contributed by atoms with E-state index in [-0.39, 0.29) is 24.1 Å². The van der Waals surface area contributed by atoms with Crippen LogP contribution in [0.15, 0.2) is 30.3 Å². The van der Waals surface area contributed by atoms with E-state index >= 15 is 0 Å². The summed E-state index contributed by atoms with van der Waals surface area (Å²) in [5.74, 6) is 0.00849. The van der Waals surface area contributed by atoms with E-state index in [4.69, 9.17) is 5.73 Å². The van der Waals surface area contributed by atoms with Crippen molar-refractivity contribution in [1.82, 2.24) is 14.8 Å². The number of likely N-dealkylation sites (N-methyl/N-ethyl adjacent to an activating group) is 1. The lowest BCUT2D eigenvalue weighted by Gasteiger charge is -2.31. The average molecular weight is 284 g/mol. The van der Waals surface area contributed by atoms with Crippen LogP contribution in [-0.4, -0.2) is 53.3 Å². The highest BCUT2D eigenvalue weighted by atomic mass is 16.2. The van der Waals surface area contributed by atoms with Gasteiger partial charge in [-0.3, -0.25) is 9.59 Å². The summed E-state index contributed by atoms with van der Waals surface area (Å²) >= 11 is 0. The van der Waals surface area contributed by atoms with E-state index in [1.165, 1.54) is 4.90 Å². The Morgan fingerprint density at radius 3 is 2.81 bits per heavy atom. The Morgan fingerprint density at radius 2 is 2.05 bits per heavy atom. The summed E-state index contributed by atoms with van der Waals surface area (Å²) in [6.45, 7) is 1.13. The maximum Gasteiger partial charge on any atom is 0.273 e. The van der Waals surface area contributed by atoms with Crippen molar-refractivity contribution in [3.8, 4) is 0 Å². The molecule has 0 radical (unpaired) electrons. The molecule has 2 amide bonds. The van der Waals surface area contributed by atoms with Crippen molar-refractivity contribution in [1.29, 1.82) is 0 Å². The fourth-order valence-corrected chi connectivity index (χ4v) is 2.43. The second-order valence-corrected chi connectivity index (χ2v) is 5.16. The minimum Gasteiger partial charge on any atom is -0.383 e. The summed E-state index contributed by atoms with van der Waals surface area (Å²) in [5.41, 5.74) is 6.20. The zero-order valence-corrected chi connectivity index (χ0v) is 11.7. The van der Waals surface area contributed by atoms with Crippen molar-refractivity contribution in [3.63, 3.8) is 0 Å². The summed E-state index contributed by atoms with van der Waals surface area (Å²) in [5, 5.41) is 1.69. The van der Waals surface area contributed by atoms with Crippen molar-refractivity contribution in [2.75, 3.05) is 32.4 Å².